The van der Waals surface area contributed by atoms with Crippen molar-refractivity contribution in [1.82, 2.24) is 4.90 Å². The molecule has 5 heteroatoms. The van der Waals surface area contributed by atoms with Crippen LogP contribution in [0, 0.1) is 12.8 Å². The van der Waals surface area contributed by atoms with Crippen LogP contribution in [0.5, 0.6) is 0 Å². The van der Waals surface area contributed by atoms with Crippen molar-refractivity contribution in [2.75, 3.05) is 31.6 Å². The van der Waals surface area contributed by atoms with E-state index in [9.17, 15) is 4.79 Å². The number of amides is 1. The number of anilines is 1. The maximum atomic E-state index is 11.8. The maximum Gasteiger partial charge on any atom is 0.238 e. The molecule has 1 aliphatic rings. The third-order valence-electron chi connectivity index (χ3n) is 3.12. The first-order valence-corrected chi connectivity index (χ1v) is 6.35. The van der Waals surface area contributed by atoms with Crippen molar-refractivity contribution < 1.29 is 9.90 Å². The van der Waals surface area contributed by atoms with Gasteiger partial charge in [-0.2, -0.15) is 0 Å². The van der Waals surface area contributed by atoms with Crippen molar-refractivity contribution in [2.45, 2.75) is 6.92 Å². The summed E-state index contributed by atoms with van der Waals surface area (Å²) in [6, 6.07) is 5.39. The number of hydrogen-bond acceptors (Lipinski definition) is 3. The van der Waals surface area contributed by atoms with Crippen LogP contribution in [-0.4, -0.2) is 42.2 Å². The monoisotopic (exact) mass is 268 g/mol. The molecular formula is C13H17ClN2O2. The Morgan fingerprint density at radius 1 is 1.56 bits per heavy atom. The zero-order chi connectivity index (χ0) is 13.1. The number of nitrogens with one attached hydrogen (secondary N) is 1. The summed E-state index contributed by atoms with van der Waals surface area (Å²) in [4.78, 5) is 13.8. The Kier molecular flexibility index (Phi) is 4.22. The molecule has 98 valence electrons. The molecule has 0 saturated carbocycles. The van der Waals surface area contributed by atoms with Gasteiger partial charge in [0.2, 0.25) is 5.91 Å². The Balaban J connectivity index is 1.84. The van der Waals surface area contributed by atoms with Crippen LogP contribution in [0.3, 0.4) is 0 Å². The van der Waals surface area contributed by atoms with Gasteiger partial charge in [-0.25, -0.2) is 0 Å². The number of aliphatic hydroxyl groups is 1. The molecule has 0 atom stereocenters. The molecule has 1 aromatic rings. The smallest absolute Gasteiger partial charge is 0.238 e. The van der Waals surface area contributed by atoms with Crippen molar-refractivity contribution in [1.29, 1.82) is 0 Å². The highest BCUT2D eigenvalue weighted by Crippen LogP contribution is 2.20. The van der Waals surface area contributed by atoms with Gasteiger partial charge in [0.1, 0.15) is 0 Å². The van der Waals surface area contributed by atoms with E-state index in [1.54, 1.807) is 6.07 Å². The zero-order valence-electron chi connectivity index (χ0n) is 10.3. The number of hydrogen-bond donors (Lipinski definition) is 2. The van der Waals surface area contributed by atoms with Crippen LogP contribution < -0.4 is 5.32 Å². The van der Waals surface area contributed by atoms with E-state index in [1.165, 1.54) is 0 Å². The molecule has 2 rings (SSSR count). The fraction of sp³-hybridized carbons (Fsp3) is 0.462. The average molecular weight is 269 g/mol. The van der Waals surface area contributed by atoms with Crippen molar-refractivity contribution >= 4 is 23.2 Å². The second kappa shape index (κ2) is 5.69. The minimum Gasteiger partial charge on any atom is -0.396 e. The quantitative estimate of drug-likeness (QED) is 0.870. The molecule has 1 fully saturated rings. The second-order valence-electron chi connectivity index (χ2n) is 4.75. The van der Waals surface area contributed by atoms with Gasteiger partial charge < -0.3 is 10.4 Å². The van der Waals surface area contributed by atoms with Gasteiger partial charge in [-0.05, 0) is 30.7 Å². The molecule has 0 spiro atoms. The summed E-state index contributed by atoms with van der Waals surface area (Å²) in [5, 5.41) is 12.4. The van der Waals surface area contributed by atoms with Crippen molar-refractivity contribution in [2.24, 2.45) is 5.92 Å². The minimum absolute atomic E-state index is 0.0307. The number of aryl methyl sites for hydroxylation is 1. The van der Waals surface area contributed by atoms with E-state index in [0.29, 0.717) is 17.5 Å². The predicted molar refractivity (Wildman–Crippen MR) is 71.8 cm³/mol. The summed E-state index contributed by atoms with van der Waals surface area (Å²) in [5.74, 6) is 0.298. The summed E-state index contributed by atoms with van der Waals surface area (Å²) in [5.41, 5.74) is 1.75. The van der Waals surface area contributed by atoms with Gasteiger partial charge in [0, 0.05) is 36.3 Å². The van der Waals surface area contributed by atoms with Crippen molar-refractivity contribution in [3.05, 3.63) is 28.8 Å². The lowest BCUT2D eigenvalue weighted by molar-refractivity contribution is -0.119. The molecule has 0 radical (unpaired) electrons. The summed E-state index contributed by atoms with van der Waals surface area (Å²) in [6.45, 7) is 4.08. The summed E-state index contributed by atoms with van der Waals surface area (Å²) in [6.07, 6.45) is 0. The highest BCUT2D eigenvalue weighted by Gasteiger charge is 2.27. The third-order valence-corrected chi connectivity index (χ3v) is 3.36. The Bertz CT molecular complexity index is 445. The van der Waals surface area contributed by atoms with Gasteiger partial charge in [-0.1, -0.05) is 11.6 Å². The van der Waals surface area contributed by atoms with Crippen molar-refractivity contribution in [3.8, 4) is 0 Å². The Hall–Kier alpha value is -1.10. The van der Waals surface area contributed by atoms with Gasteiger partial charge in [0.25, 0.3) is 0 Å². The number of likely N-dealkylation sites (tertiary alicyclic amines) is 1. The van der Waals surface area contributed by atoms with Crippen molar-refractivity contribution in [3.63, 3.8) is 0 Å². The SMILES string of the molecule is Cc1cc(Cl)ccc1NC(=O)CN1CC(CO)C1. The number of carbonyl (C=O) groups excluding carboxylic acids is 1. The van der Waals surface area contributed by atoms with E-state index in [0.717, 1.165) is 24.3 Å². The normalized spacial score (nSPS) is 16.4. The summed E-state index contributed by atoms with van der Waals surface area (Å²) in [7, 11) is 0. The van der Waals surface area contributed by atoms with E-state index in [-0.39, 0.29) is 12.5 Å². The van der Waals surface area contributed by atoms with Gasteiger partial charge in [-0.3, -0.25) is 9.69 Å². The molecule has 18 heavy (non-hydrogen) atoms. The molecule has 1 aromatic carbocycles. The molecule has 1 saturated heterocycles. The first kappa shape index (κ1) is 13.3. The lowest BCUT2D eigenvalue weighted by Gasteiger charge is -2.37. The number of nitrogens with zero attached hydrogens (tertiary/aromatic N) is 1. The number of benzene rings is 1. The number of halogens is 1. The first-order chi connectivity index (χ1) is 8.58. The lowest BCUT2D eigenvalue weighted by Crippen LogP contribution is -2.51. The number of carbonyl (C=O) groups is 1. The Labute approximate surface area is 112 Å². The second-order valence-corrected chi connectivity index (χ2v) is 5.19. The van der Waals surface area contributed by atoms with Gasteiger partial charge in [0.15, 0.2) is 0 Å². The summed E-state index contributed by atoms with van der Waals surface area (Å²) < 4.78 is 0. The lowest BCUT2D eigenvalue weighted by atomic mass is 10.0. The summed E-state index contributed by atoms with van der Waals surface area (Å²) >= 11 is 5.86. The molecule has 1 aliphatic heterocycles. The van der Waals surface area contributed by atoms with E-state index < -0.39 is 0 Å². The van der Waals surface area contributed by atoms with Gasteiger partial charge >= 0.3 is 0 Å². The Morgan fingerprint density at radius 3 is 2.89 bits per heavy atom. The van der Waals surface area contributed by atoms with E-state index in [4.69, 9.17) is 16.7 Å². The first-order valence-electron chi connectivity index (χ1n) is 5.97. The fourth-order valence-corrected chi connectivity index (χ4v) is 2.31. The molecular weight excluding hydrogens is 252 g/mol. The minimum atomic E-state index is -0.0307. The van der Waals surface area contributed by atoms with Crippen LogP contribution in [0.2, 0.25) is 5.02 Å². The maximum absolute atomic E-state index is 11.8. The molecule has 1 heterocycles. The van der Waals surface area contributed by atoms with Crippen LogP contribution in [0.4, 0.5) is 5.69 Å². The molecule has 0 aromatic heterocycles. The predicted octanol–water partition coefficient (Wildman–Crippen LogP) is 1.51. The van der Waals surface area contributed by atoms with Crippen LogP contribution in [0.15, 0.2) is 18.2 Å². The van der Waals surface area contributed by atoms with Crippen LogP contribution >= 0.6 is 11.6 Å². The van der Waals surface area contributed by atoms with Gasteiger partial charge in [0.05, 0.1) is 6.54 Å². The highest BCUT2D eigenvalue weighted by atomic mass is 35.5. The molecule has 0 unspecified atom stereocenters. The topological polar surface area (TPSA) is 52.6 Å². The largest absolute Gasteiger partial charge is 0.396 e. The highest BCUT2D eigenvalue weighted by molar-refractivity contribution is 6.30. The van der Waals surface area contributed by atoms with Crippen LogP contribution in [-0.2, 0) is 4.79 Å². The standard InChI is InChI=1S/C13H17ClN2O2/c1-9-4-11(14)2-3-12(9)15-13(18)7-16-5-10(6-16)8-17/h2-4,10,17H,5-8H2,1H3,(H,15,18). The van der Waals surface area contributed by atoms with E-state index in [1.807, 2.05) is 24.0 Å². The third kappa shape index (κ3) is 3.22. The molecule has 0 bridgehead atoms. The molecule has 2 N–H and O–H groups in total. The zero-order valence-corrected chi connectivity index (χ0v) is 11.1. The Morgan fingerprint density at radius 2 is 2.28 bits per heavy atom. The molecule has 4 nitrogen and oxygen atoms in total. The molecule has 0 aliphatic carbocycles. The van der Waals surface area contributed by atoms with Crippen LogP contribution in [0.25, 0.3) is 0 Å². The van der Waals surface area contributed by atoms with E-state index >= 15 is 0 Å². The number of rotatable bonds is 4. The fourth-order valence-electron chi connectivity index (χ4n) is 2.08. The molecule has 1 amide bonds. The average Bonchev–Trinajstić information content (AvgIpc) is 2.27. The van der Waals surface area contributed by atoms with Gasteiger partial charge in [-0.15, -0.1) is 0 Å². The van der Waals surface area contributed by atoms with Crippen LogP contribution in [0.1, 0.15) is 5.56 Å². The van der Waals surface area contributed by atoms with E-state index in [2.05, 4.69) is 5.32 Å². The number of aliphatic hydroxyl groups excluding tert-OH is 1.